The number of carbonyl (C=O) groups excluding carboxylic acids is 2. The maximum atomic E-state index is 12.9. The van der Waals surface area contributed by atoms with Crippen LogP contribution in [-0.4, -0.2) is 25.7 Å². The first kappa shape index (κ1) is 15.8. The molecular weight excluding hydrogens is 336 g/mol. The lowest BCUT2D eigenvalue weighted by Gasteiger charge is -2.37. The van der Waals surface area contributed by atoms with Crippen LogP contribution in [0, 0.1) is 0 Å². The Hall–Kier alpha value is -3.40. The third kappa shape index (κ3) is 2.10. The molecule has 0 saturated carbocycles. The first-order valence-electron chi connectivity index (χ1n) is 8.96. The molecule has 1 aliphatic carbocycles. The van der Waals surface area contributed by atoms with Gasteiger partial charge in [-0.1, -0.05) is 42.5 Å². The highest BCUT2D eigenvalue weighted by molar-refractivity contribution is 6.29. The van der Waals surface area contributed by atoms with E-state index in [1.54, 1.807) is 24.3 Å². The van der Waals surface area contributed by atoms with E-state index in [1.165, 1.54) is 0 Å². The fourth-order valence-corrected chi connectivity index (χ4v) is 4.21. The SMILES string of the molecule is CN1c2ccccc2N(C)c2cc(C3C(=O)c4ccccc4C3=O)ccc21. The number of para-hydroxylation sites is 2. The van der Waals surface area contributed by atoms with Gasteiger partial charge in [-0.3, -0.25) is 9.59 Å². The Morgan fingerprint density at radius 1 is 0.630 bits per heavy atom. The van der Waals surface area contributed by atoms with Crippen molar-refractivity contribution < 1.29 is 9.59 Å². The van der Waals surface area contributed by atoms with E-state index in [4.69, 9.17) is 0 Å². The zero-order valence-electron chi connectivity index (χ0n) is 15.1. The maximum Gasteiger partial charge on any atom is 0.178 e. The van der Waals surface area contributed by atoms with Gasteiger partial charge in [-0.2, -0.15) is 0 Å². The number of ketones is 2. The molecule has 0 unspecified atom stereocenters. The van der Waals surface area contributed by atoms with Crippen LogP contribution < -0.4 is 9.80 Å². The summed E-state index contributed by atoms with van der Waals surface area (Å²) in [6.45, 7) is 0. The number of nitrogens with zero attached hydrogens (tertiary/aromatic N) is 2. The molecule has 2 aliphatic rings. The predicted octanol–water partition coefficient (Wildman–Crippen LogP) is 4.70. The molecule has 5 rings (SSSR count). The van der Waals surface area contributed by atoms with Gasteiger partial charge in [0.15, 0.2) is 11.6 Å². The largest absolute Gasteiger partial charge is 0.341 e. The Balaban J connectivity index is 1.62. The number of rotatable bonds is 1. The van der Waals surface area contributed by atoms with Crippen LogP contribution in [-0.2, 0) is 0 Å². The summed E-state index contributed by atoms with van der Waals surface area (Å²) in [5, 5.41) is 0. The highest BCUT2D eigenvalue weighted by Crippen LogP contribution is 2.47. The summed E-state index contributed by atoms with van der Waals surface area (Å²) in [5.41, 5.74) is 6.07. The van der Waals surface area contributed by atoms with E-state index in [-0.39, 0.29) is 11.6 Å². The van der Waals surface area contributed by atoms with E-state index in [9.17, 15) is 9.59 Å². The van der Waals surface area contributed by atoms with Crippen molar-refractivity contribution in [3.05, 3.63) is 83.4 Å². The molecule has 4 nitrogen and oxygen atoms in total. The summed E-state index contributed by atoms with van der Waals surface area (Å²) in [4.78, 5) is 30.0. The fraction of sp³-hybridized carbons (Fsp3) is 0.130. The number of Topliss-reactive ketones (excluding diaryl/α,β-unsaturated/α-hetero) is 2. The van der Waals surface area contributed by atoms with Gasteiger partial charge in [0, 0.05) is 25.2 Å². The van der Waals surface area contributed by atoms with Crippen LogP contribution in [0.15, 0.2) is 66.7 Å². The third-order valence-electron chi connectivity index (χ3n) is 5.64. The fourth-order valence-electron chi connectivity index (χ4n) is 4.21. The van der Waals surface area contributed by atoms with Crippen LogP contribution in [0.5, 0.6) is 0 Å². The number of anilines is 4. The summed E-state index contributed by atoms with van der Waals surface area (Å²) < 4.78 is 0. The van der Waals surface area contributed by atoms with Crippen LogP contribution in [0.25, 0.3) is 0 Å². The summed E-state index contributed by atoms with van der Waals surface area (Å²) in [5.74, 6) is -0.964. The van der Waals surface area contributed by atoms with E-state index in [1.807, 2.05) is 44.4 Å². The van der Waals surface area contributed by atoms with Gasteiger partial charge in [-0.25, -0.2) is 0 Å². The molecule has 0 saturated heterocycles. The Morgan fingerprint density at radius 3 is 1.70 bits per heavy atom. The topological polar surface area (TPSA) is 40.6 Å². The van der Waals surface area contributed by atoms with E-state index < -0.39 is 5.92 Å². The van der Waals surface area contributed by atoms with Crippen LogP contribution >= 0.6 is 0 Å². The molecule has 3 aromatic rings. The zero-order chi connectivity index (χ0) is 18.7. The molecule has 0 N–H and O–H groups in total. The molecule has 1 heterocycles. The molecule has 132 valence electrons. The highest BCUT2D eigenvalue weighted by atomic mass is 16.2. The predicted molar refractivity (Wildman–Crippen MR) is 107 cm³/mol. The van der Waals surface area contributed by atoms with Crippen molar-refractivity contribution in [1.82, 2.24) is 0 Å². The smallest absolute Gasteiger partial charge is 0.178 e. The molecule has 0 aromatic heterocycles. The van der Waals surface area contributed by atoms with Gasteiger partial charge in [-0.15, -0.1) is 0 Å². The van der Waals surface area contributed by atoms with Gasteiger partial charge >= 0.3 is 0 Å². The summed E-state index contributed by atoms with van der Waals surface area (Å²) in [6, 6.07) is 21.2. The van der Waals surface area contributed by atoms with Crippen molar-refractivity contribution in [3.8, 4) is 0 Å². The Bertz CT molecular complexity index is 1080. The summed E-state index contributed by atoms with van der Waals surface area (Å²) in [7, 11) is 4.05. The second kappa shape index (κ2) is 5.55. The monoisotopic (exact) mass is 354 g/mol. The van der Waals surface area contributed by atoms with Crippen molar-refractivity contribution >= 4 is 34.3 Å². The van der Waals surface area contributed by atoms with Crippen molar-refractivity contribution in [2.75, 3.05) is 23.9 Å². The van der Waals surface area contributed by atoms with Crippen LogP contribution in [0.3, 0.4) is 0 Å². The average Bonchev–Trinajstić information content (AvgIpc) is 2.96. The number of benzene rings is 3. The summed E-state index contributed by atoms with van der Waals surface area (Å²) >= 11 is 0. The lowest BCUT2D eigenvalue weighted by atomic mass is 9.92. The van der Waals surface area contributed by atoms with E-state index >= 15 is 0 Å². The Labute approximate surface area is 157 Å². The van der Waals surface area contributed by atoms with Crippen LogP contribution in [0.2, 0.25) is 0 Å². The highest BCUT2D eigenvalue weighted by Gasteiger charge is 2.40. The van der Waals surface area contributed by atoms with Gasteiger partial charge in [0.1, 0.15) is 5.92 Å². The van der Waals surface area contributed by atoms with Crippen LogP contribution in [0.1, 0.15) is 32.2 Å². The van der Waals surface area contributed by atoms with Crippen molar-refractivity contribution in [1.29, 1.82) is 0 Å². The molecule has 0 spiro atoms. The lowest BCUT2D eigenvalue weighted by molar-refractivity contribution is 0.0890. The Kier molecular flexibility index (Phi) is 3.25. The second-order valence-electron chi connectivity index (χ2n) is 7.06. The molecule has 0 atom stereocenters. The average molecular weight is 354 g/mol. The Morgan fingerprint density at radius 2 is 1.11 bits per heavy atom. The minimum absolute atomic E-state index is 0.109. The molecule has 0 fully saturated rings. The van der Waals surface area contributed by atoms with Gasteiger partial charge < -0.3 is 9.80 Å². The molecule has 1 aliphatic heterocycles. The number of carbonyl (C=O) groups is 2. The molecule has 0 radical (unpaired) electrons. The molecule has 0 bridgehead atoms. The van der Waals surface area contributed by atoms with Crippen molar-refractivity contribution in [3.63, 3.8) is 0 Å². The second-order valence-corrected chi connectivity index (χ2v) is 7.06. The minimum atomic E-state index is -0.747. The molecule has 4 heteroatoms. The number of hydrogen-bond acceptors (Lipinski definition) is 4. The van der Waals surface area contributed by atoms with Gasteiger partial charge in [0.05, 0.1) is 22.7 Å². The minimum Gasteiger partial charge on any atom is -0.341 e. The first-order valence-corrected chi connectivity index (χ1v) is 8.96. The summed E-state index contributed by atoms with van der Waals surface area (Å²) in [6.07, 6.45) is 0. The van der Waals surface area contributed by atoms with Gasteiger partial charge in [0.2, 0.25) is 0 Å². The number of hydrogen-bond donors (Lipinski definition) is 0. The molecular formula is C23H18N2O2. The molecule has 0 amide bonds. The standard InChI is InChI=1S/C23H18N2O2/c1-24-17-9-5-6-10-18(17)25(2)20-13-14(11-12-19(20)24)21-22(26)15-7-3-4-8-16(15)23(21)27/h3-13,21H,1-2H3. The van der Waals surface area contributed by atoms with Gasteiger partial charge in [-0.05, 0) is 29.8 Å². The van der Waals surface area contributed by atoms with Crippen LogP contribution in [0.4, 0.5) is 22.7 Å². The molecule has 3 aromatic carbocycles. The normalized spacial score (nSPS) is 15.6. The third-order valence-corrected chi connectivity index (χ3v) is 5.64. The lowest BCUT2D eigenvalue weighted by Crippen LogP contribution is -2.25. The zero-order valence-corrected chi connectivity index (χ0v) is 15.1. The van der Waals surface area contributed by atoms with E-state index in [2.05, 4.69) is 21.9 Å². The quantitative estimate of drug-likeness (QED) is 0.594. The maximum absolute atomic E-state index is 12.9. The molecule has 27 heavy (non-hydrogen) atoms. The first-order chi connectivity index (χ1) is 13.1. The van der Waals surface area contributed by atoms with Crippen molar-refractivity contribution in [2.45, 2.75) is 5.92 Å². The van der Waals surface area contributed by atoms with E-state index in [0.717, 1.165) is 28.3 Å². The van der Waals surface area contributed by atoms with E-state index in [0.29, 0.717) is 11.1 Å². The van der Waals surface area contributed by atoms with Gasteiger partial charge in [0.25, 0.3) is 0 Å². The number of fused-ring (bicyclic) bond motifs is 3. The van der Waals surface area contributed by atoms with Crippen molar-refractivity contribution in [2.24, 2.45) is 0 Å².